The lowest BCUT2D eigenvalue weighted by Crippen LogP contribution is -2.51. The third kappa shape index (κ3) is 3.72. The normalized spacial score (nSPS) is 16.7. The highest BCUT2D eigenvalue weighted by Gasteiger charge is 2.55. The van der Waals surface area contributed by atoms with Gasteiger partial charge in [0.25, 0.3) is 0 Å². The zero-order valence-electron chi connectivity index (χ0n) is 12.1. The molecule has 1 atom stereocenters. The van der Waals surface area contributed by atoms with Crippen molar-refractivity contribution in [2.24, 2.45) is 0 Å². The van der Waals surface area contributed by atoms with Gasteiger partial charge in [0.2, 0.25) is 0 Å². The number of methoxy groups -OCH3 is 2. The van der Waals surface area contributed by atoms with Crippen LogP contribution in [0.15, 0.2) is 30.3 Å². The summed E-state index contributed by atoms with van der Waals surface area (Å²) in [6.45, 7) is 0.139. The average Bonchev–Trinajstić information content (AvgIpc) is 3.32. The van der Waals surface area contributed by atoms with Gasteiger partial charge < -0.3 is 19.5 Å². The van der Waals surface area contributed by atoms with Crippen molar-refractivity contribution in [2.45, 2.75) is 31.1 Å². The first-order chi connectivity index (χ1) is 10.1. The average molecular weight is 293 g/mol. The maximum Gasteiger partial charge on any atom is 0.408 e. The number of amides is 1. The van der Waals surface area contributed by atoms with E-state index < -0.39 is 23.7 Å². The molecule has 6 heteroatoms. The van der Waals surface area contributed by atoms with Crippen LogP contribution in [0.1, 0.15) is 18.4 Å². The molecule has 0 aromatic heterocycles. The molecule has 1 aromatic rings. The fourth-order valence-corrected chi connectivity index (χ4v) is 2.14. The van der Waals surface area contributed by atoms with Gasteiger partial charge in [0.1, 0.15) is 6.61 Å². The Kier molecular flexibility index (Phi) is 4.80. The molecule has 1 amide bonds. The Morgan fingerprint density at radius 2 is 1.90 bits per heavy atom. The van der Waals surface area contributed by atoms with E-state index in [1.54, 1.807) is 0 Å². The number of carbonyl (C=O) groups is 2. The number of nitrogens with one attached hydrogen (secondary N) is 1. The van der Waals surface area contributed by atoms with Crippen molar-refractivity contribution in [3.63, 3.8) is 0 Å². The molecule has 21 heavy (non-hydrogen) atoms. The van der Waals surface area contributed by atoms with E-state index in [9.17, 15) is 9.59 Å². The summed E-state index contributed by atoms with van der Waals surface area (Å²) in [5.74, 6) is -0.536. The van der Waals surface area contributed by atoms with Crippen LogP contribution >= 0.6 is 0 Å². The van der Waals surface area contributed by atoms with Gasteiger partial charge in [-0.2, -0.15) is 0 Å². The second-order valence-corrected chi connectivity index (χ2v) is 4.93. The summed E-state index contributed by atoms with van der Waals surface area (Å²) in [4.78, 5) is 23.6. The summed E-state index contributed by atoms with van der Waals surface area (Å²) in [6, 6.07) is 8.45. The molecule has 1 aliphatic rings. The molecule has 114 valence electrons. The van der Waals surface area contributed by atoms with Gasteiger partial charge in [-0.1, -0.05) is 30.3 Å². The first kappa shape index (κ1) is 15.3. The molecule has 1 N–H and O–H groups in total. The Morgan fingerprint density at radius 1 is 1.24 bits per heavy atom. The Morgan fingerprint density at radius 3 is 2.43 bits per heavy atom. The lowest BCUT2D eigenvalue weighted by atomic mass is 10.1. The number of carbonyl (C=O) groups excluding carboxylic acids is 2. The zero-order valence-corrected chi connectivity index (χ0v) is 12.1. The summed E-state index contributed by atoms with van der Waals surface area (Å²) < 4.78 is 15.1. The van der Waals surface area contributed by atoms with Crippen molar-refractivity contribution in [3.8, 4) is 0 Å². The Hall–Kier alpha value is -2.08. The van der Waals surface area contributed by atoms with E-state index in [4.69, 9.17) is 14.2 Å². The molecule has 0 bridgehead atoms. The molecule has 1 aromatic carbocycles. The highest BCUT2D eigenvalue weighted by molar-refractivity contribution is 5.83. The van der Waals surface area contributed by atoms with Crippen molar-refractivity contribution >= 4 is 12.1 Å². The van der Waals surface area contributed by atoms with Crippen molar-refractivity contribution < 1.29 is 23.8 Å². The van der Waals surface area contributed by atoms with Crippen molar-refractivity contribution in [2.75, 3.05) is 14.2 Å². The summed E-state index contributed by atoms with van der Waals surface area (Å²) in [6.07, 6.45) is 0.724. The van der Waals surface area contributed by atoms with Gasteiger partial charge in [0, 0.05) is 7.11 Å². The highest BCUT2D eigenvalue weighted by atomic mass is 16.6. The molecule has 0 radical (unpaired) electrons. The van der Waals surface area contributed by atoms with Crippen LogP contribution in [0.25, 0.3) is 0 Å². The van der Waals surface area contributed by atoms with E-state index in [-0.39, 0.29) is 6.61 Å². The summed E-state index contributed by atoms with van der Waals surface area (Å²) in [7, 11) is 2.79. The molecule has 2 rings (SSSR count). The van der Waals surface area contributed by atoms with Crippen LogP contribution in [0.5, 0.6) is 0 Å². The molecular weight excluding hydrogens is 274 g/mol. The van der Waals surface area contributed by atoms with Crippen LogP contribution in [0.3, 0.4) is 0 Å². The lowest BCUT2D eigenvalue weighted by molar-refractivity contribution is -0.147. The minimum Gasteiger partial charge on any atom is -0.467 e. The summed E-state index contributed by atoms with van der Waals surface area (Å²) in [5, 5.41) is 2.53. The number of rotatable bonds is 6. The standard InChI is InChI=1S/C15H19NO5/c1-19-13(17)12(15(20-2)8-9-15)16-14(18)21-10-11-6-4-3-5-7-11/h3-7,12H,8-10H2,1-2H3,(H,16,18). The smallest absolute Gasteiger partial charge is 0.408 e. The van der Waals surface area contributed by atoms with Gasteiger partial charge in [0.15, 0.2) is 6.04 Å². The van der Waals surface area contributed by atoms with Gasteiger partial charge in [-0.05, 0) is 18.4 Å². The van der Waals surface area contributed by atoms with E-state index in [1.807, 2.05) is 30.3 Å². The Balaban J connectivity index is 1.91. The molecular formula is C15H19NO5. The van der Waals surface area contributed by atoms with E-state index in [0.29, 0.717) is 12.8 Å². The van der Waals surface area contributed by atoms with E-state index >= 15 is 0 Å². The van der Waals surface area contributed by atoms with Crippen LogP contribution in [0.4, 0.5) is 4.79 Å². The number of hydrogen-bond donors (Lipinski definition) is 1. The van der Waals surface area contributed by atoms with Crippen molar-refractivity contribution in [1.29, 1.82) is 0 Å². The predicted molar refractivity (Wildman–Crippen MR) is 74.5 cm³/mol. The zero-order chi connectivity index (χ0) is 15.3. The lowest BCUT2D eigenvalue weighted by Gasteiger charge is -2.24. The van der Waals surface area contributed by atoms with Crippen molar-refractivity contribution in [1.82, 2.24) is 5.32 Å². The monoisotopic (exact) mass is 293 g/mol. The fraction of sp³-hybridized carbons (Fsp3) is 0.467. The topological polar surface area (TPSA) is 73.9 Å². The molecule has 0 heterocycles. The molecule has 1 aliphatic carbocycles. The maximum absolute atomic E-state index is 11.8. The van der Waals surface area contributed by atoms with Gasteiger partial charge in [-0.3, -0.25) is 0 Å². The van der Waals surface area contributed by atoms with E-state index in [2.05, 4.69) is 5.32 Å². The van der Waals surface area contributed by atoms with Gasteiger partial charge in [-0.25, -0.2) is 9.59 Å². The first-order valence-electron chi connectivity index (χ1n) is 6.71. The molecule has 0 saturated heterocycles. The van der Waals surface area contributed by atoms with Crippen LogP contribution in [0, 0.1) is 0 Å². The SMILES string of the molecule is COC(=O)C(NC(=O)OCc1ccccc1)C1(OC)CC1. The van der Waals surface area contributed by atoms with E-state index in [0.717, 1.165) is 5.56 Å². The van der Waals surface area contributed by atoms with Crippen LogP contribution < -0.4 is 5.32 Å². The minimum atomic E-state index is -0.851. The third-order valence-corrected chi connectivity index (χ3v) is 3.59. The predicted octanol–water partition coefficient (Wildman–Crippen LogP) is 1.63. The highest BCUT2D eigenvalue weighted by Crippen LogP contribution is 2.42. The second-order valence-electron chi connectivity index (χ2n) is 4.93. The first-order valence-corrected chi connectivity index (χ1v) is 6.71. The van der Waals surface area contributed by atoms with E-state index in [1.165, 1.54) is 14.2 Å². The molecule has 0 spiro atoms. The van der Waals surface area contributed by atoms with Crippen LogP contribution in [0.2, 0.25) is 0 Å². The van der Waals surface area contributed by atoms with Crippen molar-refractivity contribution in [3.05, 3.63) is 35.9 Å². The number of ether oxygens (including phenoxy) is 3. The Bertz CT molecular complexity index is 498. The molecule has 1 saturated carbocycles. The number of benzene rings is 1. The van der Waals surface area contributed by atoms with Crippen LogP contribution in [-0.4, -0.2) is 37.9 Å². The van der Waals surface area contributed by atoms with Gasteiger partial charge >= 0.3 is 12.1 Å². The Labute approximate surface area is 123 Å². The maximum atomic E-state index is 11.8. The second kappa shape index (κ2) is 6.58. The number of alkyl carbamates (subject to hydrolysis) is 1. The molecule has 1 fully saturated rings. The summed E-state index contributed by atoms with van der Waals surface area (Å²) in [5.41, 5.74) is 0.203. The quantitative estimate of drug-likeness (QED) is 0.807. The minimum absolute atomic E-state index is 0.139. The van der Waals surface area contributed by atoms with Gasteiger partial charge in [0.05, 0.1) is 12.7 Å². The number of esters is 1. The molecule has 0 aliphatic heterocycles. The largest absolute Gasteiger partial charge is 0.467 e. The molecule has 1 unspecified atom stereocenters. The third-order valence-electron chi connectivity index (χ3n) is 3.59. The van der Waals surface area contributed by atoms with Crippen LogP contribution in [-0.2, 0) is 25.6 Å². The van der Waals surface area contributed by atoms with Gasteiger partial charge in [-0.15, -0.1) is 0 Å². The summed E-state index contributed by atoms with van der Waals surface area (Å²) >= 11 is 0. The fourth-order valence-electron chi connectivity index (χ4n) is 2.14. The number of hydrogen-bond acceptors (Lipinski definition) is 5. The molecule has 6 nitrogen and oxygen atoms in total.